The Morgan fingerprint density at radius 2 is 2.26 bits per heavy atom. The predicted molar refractivity (Wildman–Crippen MR) is 69.7 cm³/mol. The number of aryl methyl sites for hydroxylation is 1. The quantitative estimate of drug-likeness (QED) is 0.760. The van der Waals surface area contributed by atoms with Crippen molar-refractivity contribution in [2.45, 2.75) is 31.7 Å². The van der Waals surface area contributed by atoms with Gasteiger partial charge in [0.2, 0.25) is 11.4 Å². The molecular formula is C13H16N4O2. The summed E-state index contributed by atoms with van der Waals surface area (Å²) in [6.07, 6.45) is 4.32. The average Bonchev–Trinajstić information content (AvgIpc) is 3.11. The summed E-state index contributed by atoms with van der Waals surface area (Å²) in [6.45, 7) is 0.977. The van der Waals surface area contributed by atoms with Crippen LogP contribution in [0.2, 0.25) is 0 Å². The Hall–Kier alpha value is -1.95. The van der Waals surface area contributed by atoms with Crippen molar-refractivity contribution in [2.75, 3.05) is 6.54 Å². The van der Waals surface area contributed by atoms with Crippen LogP contribution in [0.5, 0.6) is 0 Å². The fraction of sp³-hybridized carbons (Fsp3) is 0.462. The molecule has 1 saturated carbocycles. The van der Waals surface area contributed by atoms with Gasteiger partial charge in [0.25, 0.3) is 5.89 Å². The Morgan fingerprint density at radius 3 is 3.05 bits per heavy atom. The van der Waals surface area contributed by atoms with Gasteiger partial charge in [0, 0.05) is 18.5 Å². The number of rotatable bonds is 6. The number of pyridine rings is 1. The average molecular weight is 260 g/mol. The summed E-state index contributed by atoms with van der Waals surface area (Å²) in [7, 11) is 0. The van der Waals surface area contributed by atoms with Crippen LogP contribution in [0, 0.1) is 0 Å². The summed E-state index contributed by atoms with van der Waals surface area (Å²) in [5.41, 5.74) is 0.383. The first-order chi connectivity index (χ1) is 9.31. The zero-order valence-electron chi connectivity index (χ0n) is 10.6. The molecule has 1 aliphatic carbocycles. The van der Waals surface area contributed by atoms with Gasteiger partial charge in [-0.1, -0.05) is 6.07 Å². The highest BCUT2D eigenvalue weighted by molar-refractivity contribution is 5.44. The van der Waals surface area contributed by atoms with Gasteiger partial charge in [-0.3, -0.25) is 4.79 Å². The third-order valence-electron chi connectivity index (χ3n) is 3.04. The summed E-state index contributed by atoms with van der Waals surface area (Å²) in [4.78, 5) is 13.9. The van der Waals surface area contributed by atoms with E-state index in [9.17, 15) is 4.79 Å². The van der Waals surface area contributed by atoms with Gasteiger partial charge in [0.05, 0.1) is 0 Å². The molecule has 0 atom stereocenters. The normalized spacial score (nSPS) is 14.7. The van der Waals surface area contributed by atoms with E-state index in [0.29, 0.717) is 17.5 Å². The molecule has 0 aliphatic heterocycles. The van der Waals surface area contributed by atoms with E-state index in [-0.39, 0.29) is 5.56 Å². The standard InChI is InChI=1S/C13H16N4O2/c18-11-4-1-3-10(15-11)13-17-16-12(19-13)5-2-8-14-9-6-7-9/h1,3-4,9,14H,2,5-8H2,(H,15,18). The maximum absolute atomic E-state index is 11.2. The molecule has 0 bridgehead atoms. The van der Waals surface area contributed by atoms with Crippen LogP contribution in [0.1, 0.15) is 25.2 Å². The van der Waals surface area contributed by atoms with Gasteiger partial charge in [-0.05, 0) is 31.9 Å². The van der Waals surface area contributed by atoms with Crippen LogP contribution in [-0.4, -0.2) is 27.8 Å². The number of aromatic amines is 1. The second-order valence-electron chi connectivity index (χ2n) is 4.76. The minimum Gasteiger partial charge on any atom is -0.419 e. The molecule has 2 aromatic heterocycles. The summed E-state index contributed by atoms with van der Waals surface area (Å²) in [6, 6.07) is 5.59. The maximum atomic E-state index is 11.2. The van der Waals surface area contributed by atoms with Crippen LogP contribution in [0.3, 0.4) is 0 Å². The highest BCUT2D eigenvalue weighted by atomic mass is 16.4. The van der Waals surface area contributed by atoms with Gasteiger partial charge in [0.15, 0.2) is 0 Å². The van der Waals surface area contributed by atoms with Gasteiger partial charge >= 0.3 is 0 Å². The van der Waals surface area contributed by atoms with E-state index >= 15 is 0 Å². The van der Waals surface area contributed by atoms with Gasteiger partial charge < -0.3 is 14.7 Å². The highest BCUT2D eigenvalue weighted by Crippen LogP contribution is 2.18. The summed E-state index contributed by atoms with van der Waals surface area (Å²) >= 11 is 0. The van der Waals surface area contributed by atoms with Crippen molar-refractivity contribution in [1.82, 2.24) is 20.5 Å². The number of nitrogens with one attached hydrogen (secondary N) is 2. The molecule has 0 saturated heterocycles. The zero-order valence-corrected chi connectivity index (χ0v) is 10.6. The largest absolute Gasteiger partial charge is 0.419 e. The van der Waals surface area contributed by atoms with Crippen molar-refractivity contribution in [3.63, 3.8) is 0 Å². The Bertz CT molecular complexity index is 600. The molecule has 3 rings (SSSR count). The molecule has 100 valence electrons. The van der Waals surface area contributed by atoms with Crippen molar-refractivity contribution in [2.24, 2.45) is 0 Å². The molecule has 0 radical (unpaired) electrons. The van der Waals surface area contributed by atoms with Crippen LogP contribution in [0.15, 0.2) is 27.4 Å². The summed E-state index contributed by atoms with van der Waals surface area (Å²) in [5.74, 6) is 0.972. The van der Waals surface area contributed by atoms with Crippen LogP contribution in [0.25, 0.3) is 11.6 Å². The fourth-order valence-corrected chi connectivity index (χ4v) is 1.87. The second kappa shape index (κ2) is 5.36. The van der Waals surface area contributed by atoms with Crippen molar-refractivity contribution in [1.29, 1.82) is 0 Å². The molecule has 2 heterocycles. The molecule has 2 N–H and O–H groups in total. The zero-order chi connectivity index (χ0) is 13.1. The lowest BCUT2D eigenvalue weighted by Crippen LogP contribution is -2.17. The van der Waals surface area contributed by atoms with E-state index in [2.05, 4.69) is 20.5 Å². The van der Waals surface area contributed by atoms with Crippen molar-refractivity contribution in [3.8, 4) is 11.6 Å². The van der Waals surface area contributed by atoms with Crippen molar-refractivity contribution >= 4 is 0 Å². The Morgan fingerprint density at radius 1 is 1.37 bits per heavy atom. The van der Waals surface area contributed by atoms with Crippen LogP contribution in [-0.2, 0) is 6.42 Å². The molecule has 2 aromatic rings. The Labute approximate surface area is 110 Å². The van der Waals surface area contributed by atoms with E-state index in [0.717, 1.165) is 25.4 Å². The first-order valence-electron chi connectivity index (χ1n) is 6.57. The van der Waals surface area contributed by atoms with E-state index in [1.54, 1.807) is 12.1 Å². The van der Waals surface area contributed by atoms with E-state index in [1.165, 1.54) is 18.9 Å². The molecule has 0 spiro atoms. The maximum Gasteiger partial charge on any atom is 0.264 e. The molecule has 6 heteroatoms. The van der Waals surface area contributed by atoms with Gasteiger partial charge in [-0.2, -0.15) is 0 Å². The smallest absolute Gasteiger partial charge is 0.264 e. The van der Waals surface area contributed by atoms with E-state index < -0.39 is 0 Å². The number of nitrogens with zero attached hydrogens (tertiary/aromatic N) is 2. The van der Waals surface area contributed by atoms with Crippen molar-refractivity contribution < 1.29 is 4.42 Å². The second-order valence-corrected chi connectivity index (χ2v) is 4.76. The molecule has 1 aliphatic rings. The first kappa shape index (κ1) is 12.1. The van der Waals surface area contributed by atoms with E-state index in [1.807, 2.05) is 0 Å². The number of aromatic nitrogens is 3. The van der Waals surface area contributed by atoms with Crippen LogP contribution >= 0.6 is 0 Å². The summed E-state index contributed by atoms with van der Waals surface area (Å²) in [5, 5.41) is 11.4. The molecule has 6 nitrogen and oxygen atoms in total. The van der Waals surface area contributed by atoms with Gasteiger partial charge in [-0.25, -0.2) is 0 Å². The third-order valence-corrected chi connectivity index (χ3v) is 3.04. The molecule has 0 amide bonds. The van der Waals surface area contributed by atoms with Crippen LogP contribution in [0.4, 0.5) is 0 Å². The third kappa shape index (κ3) is 3.29. The summed E-state index contributed by atoms with van der Waals surface area (Å²) < 4.78 is 5.53. The number of hydrogen-bond acceptors (Lipinski definition) is 5. The topological polar surface area (TPSA) is 83.8 Å². The molecular weight excluding hydrogens is 244 g/mol. The number of H-pyrrole nitrogens is 1. The number of hydrogen-bond donors (Lipinski definition) is 2. The molecule has 1 fully saturated rings. The van der Waals surface area contributed by atoms with Gasteiger partial charge in [-0.15, -0.1) is 10.2 Å². The Kier molecular flexibility index (Phi) is 3.41. The lowest BCUT2D eigenvalue weighted by Gasteiger charge is -1.99. The Balaban J connectivity index is 1.57. The first-order valence-corrected chi connectivity index (χ1v) is 6.57. The molecule has 0 unspecified atom stereocenters. The van der Waals surface area contributed by atoms with Crippen LogP contribution < -0.4 is 10.9 Å². The monoisotopic (exact) mass is 260 g/mol. The molecule has 0 aromatic carbocycles. The lowest BCUT2D eigenvalue weighted by molar-refractivity contribution is 0.489. The van der Waals surface area contributed by atoms with E-state index in [4.69, 9.17) is 4.42 Å². The highest BCUT2D eigenvalue weighted by Gasteiger charge is 2.19. The lowest BCUT2D eigenvalue weighted by atomic mass is 10.3. The molecule has 19 heavy (non-hydrogen) atoms. The van der Waals surface area contributed by atoms with Crippen molar-refractivity contribution in [3.05, 3.63) is 34.4 Å². The fourth-order valence-electron chi connectivity index (χ4n) is 1.87. The predicted octanol–water partition coefficient (Wildman–Crippen LogP) is 1.11. The minimum absolute atomic E-state index is 0.175. The SMILES string of the molecule is O=c1cccc(-c2nnc(CCCNC3CC3)o2)[nH]1. The minimum atomic E-state index is -0.175. The van der Waals surface area contributed by atoms with Gasteiger partial charge in [0.1, 0.15) is 5.69 Å².